The second-order valence-corrected chi connectivity index (χ2v) is 9.58. The quantitative estimate of drug-likeness (QED) is 0.763. The van der Waals surface area contributed by atoms with Crippen molar-refractivity contribution in [3.63, 3.8) is 0 Å². The number of hydrogen-bond donors (Lipinski definition) is 0. The Morgan fingerprint density at radius 3 is 2.04 bits per heavy atom. The van der Waals surface area contributed by atoms with Gasteiger partial charge in [0.1, 0.15) is 0 Å². The average Bonchev–Trinajstić information content (AvgIpc) is 3.06. The van der Waals surface area contributed by atoms with E-state index in [0.29, 0.717) is 11.3 Å². The van der Waals surface area contributed by atoms with E-state index >= 15 is 0 Å². The van der Waals surface area contributed by atoms with Crippen molar-refractivity contribution in [1.82, 2.24) is 0 Å². The molecule has 1 aromatic rings. The zero-order valence-electron chi connectivity index (χ0n) is 16.3. The molecule has 26 heavy (non-hydrogen) atoms. The van der Waals surface area contributed by atoms with Gasteiger partial charge in [-0.25, -0.2) is 0 Å². The Morgan fingerprint density at radius 2 is 1.46 bits per heavy atom. The molecule has 0 aromatic heterocycles. The lowest BCUT2D eigenvalue weighted by atomic mass is 9.75. The van der Waals surface area contributed by atoms with E-state index in [4.69, 9.17) is 18.8 Å². The molecule has 2 saturated carbocycles. The molecule has 0 radical (unpaired) electrons. The lowest BCUT2D eigenvalue weighted by Crippen LogP contribution is -2.41. The van der Waals surface area contributed by atoms with Crippen molar-refractivity contribution >= 4 is 12.6 Å². The first-order valence-electron chi connectivity index (χ1n) is 9.99. The molecule has 2 aliphatic carbocycles. The lowest BCUT2D eigenvalue weighted by molar-refractivity contribution is -0.180. The molecule has 2 atom stereocenters. The second kappa shape index (κ2) is 5.35. The van der Waals surface area contributed by atoms with E-state index in [-0.39, 0.29) is 24.1 Å². The predicted octanol–water partition coefficient (Wildman–Crippen LogP) is 3.17. The van der Waals surface area contributed by atoms with Gasteiger partial charge < -0.3 is 18.8 Å². The summed E-state index contributed by atoms with van der Waals surface area (Å²) in [7, 11) is -0.281. The van der Waals surface area contributed by atoms with E-state index in [1.165, 1.54) is 12.0 Å². The SMILES string of the molecule is CC1(C)OB(c2ccc(C34CCC5(CC3C4)OCCO5)cc2)OC1(C)C. The number of ether oxygens (including phenoxy) is 2. The minimum absolute atomic E-state index is 0.271. The highest BCUT2D eigenvalue weighted by atomic mass is 16.7. The summed E-state index contributed by atoms with van der Waals surface area (Å²) in [5.41, 5.74) is 2.31. The molecular weight excluding hydrogens is 327 g/mol. The van der Waals surface area contributed by atoms with Crippen LogP contribution in [0.5, 0.6) is 0 Å². The van der Waals surface area contributed by atoms with Gasteiger partial charge in [-0.1, -0.05) is 24.3 Å². The molecule has 140 valence electrons. The Kier molecular flexibility index (Phi) is 3.54. The maximum atomic E-state index is 6.18. The van der Waals surface area contributed by atoms with Crippen LogP contribution in [-0.4, -0.2) is 37.3 Å². The van der Waals surface area contributed by atoms with Crippen molar-refractivity contribution in [2.45, 2.75) is 75.8 Å². The summed E-state index contributed by atoms with van der Waals surface area (Å²) in [6.45, 7) is 9.89. The minimum Gasteiger partial charge on any atom is -0.399 e. The van der Waals surface area contributed by atoms with Crippen LogP contribution in [0, 0.1) is 5.92 Å². The van der Waals surface area contributed by atoms with Crippen LogP contribution in [0.25, 0.3) is 0 Å². The van der Waals surface area contributed by atoms with Gasteiger partial charge in [0.05, 0.1) is 24.4 Å². The van der Waals surface area contributed by atoms with E-state index in [9.17, 15) is 0 Å². The highest BCUT2D eigenvalue weighted by molar-refractivity contribution is 6.62. The van der Waals surface area contributed by atoms with Gasteiger partial charge in [-0.05, 0) is 62.9 Å². The van der Waals surface area contributed by atoms with Crippen LogP contribution in [0.2, 0.25) is 0 Å². The fourth-order valence-electron chi connectivity index (χ4n) is 5.05. The van der Waals surface area contributed by atoms with Crippen LogP contribution in [-0.2, 0) is 24.2 Å². The zero-order valence-corrected chi connectivity index (χ0v) is 16.3. The van der Waals surface area contributed by atoms with Crippen molar-refractivity contribution in [3.05, 3.63) is 29.8 Å². The molecule has 5 heteroatoms. The van der Waals surface area contributed by atoms with E-state index < -0.39 is 0 Å². The maximum absolute atomic E-state index is 6.18. The molecule has 4 fully saturated rings. The van der Waals surface area contributed by atoms with E-state index in [0.717, 1.165) is 37.9 Å². The van der Waals surface area contributed by atoms with Crippen molar-refractivity contribution in [2.24, 2.45) is 5.92 Å². The normalized spacial score (nSPS) is 36.3. The molecule has 0 N–H and O–H groups in total. The molecule has 4 nitrogen and oxygen atoms in total. The summed E-state index contributed by atoms with van der Waals surface area (Å²) in [5, 5.41) is 0. The van der Waals surface area contributed by atoms with Crippen molar-refractivity contribution in [1.29, 1.82) is 0 Å². The largest absolute Gasteiger partial charge is 0.494 e. The third-order valence-electron chi connectivity index (χ3n) is 7.57. The topological polar surface area (TPSA) is 36.9 Å². The van der Waals surface area contributed by atoms with Gasteiger partial charge >= 0.3 is 7.12 Å². The van der Waals surface area contributed by atoms with Crippen molar-refractivity contribution in [3.8, 4) is 0 Å². The molecular formula is C21H29BO4. The molecule has 4 aliphatic rings. The molecule has 0 amide bonds. The Balaban J connectivity index is 1.31. The number of fused-ring (bicyclic) bond motifs is 1. The molecule has 0 bridgehead atoms. The minimum atomic E-state index is -0.296. The van der Waals surface area contributed by atoms with Gasteiger partial charge in [0.15, 0.2) is 5.79 Å². The first kappa shape index (κ1) is 17.2. The molecule has 2 heterocycles. The van der Waals surface area contributed by atoms with Crippen LogP contribution in [0.1, 0.15) is 58.9 Å². The molecule has 2 unspecified atom stereocenters. The Bertz CT molecular complexity index is 691. The number of hydrogen-bond acceptors (Lipinski definition) is 4. The van der Waals surface area contributed by atoms with Crippen molar-refractivity contribution < 1.29 is 18.8 Å². The summed E-state index contributed by atoms with van der Waals surface area (Å²) in [6, 6.07) is 8.95. The van der Waals surface area contributed by atoms with E-state index in [2.05, 4.69) is 52.0 Å². The summed E-state index contributed by atoms with van der Waals surface area (Å²) >= 11 is 0. The van der Waals surface area contributed by atoms with Gasteiger partial charge in [-0.15, -0.1) is 0 Å². The van der Waals surface area contributed by atoms with Gasteiger partial charge in [0.25, 0.3) is 0 Å². The predicted molar refractivity (Wildman–Crippen MR) is 100 cm³/mol. The first-order valence-corrected chi connectivity index (χ1v) is 9.99. The molecule has 1 aromatic carbocycles. The van der Waals surface area contributed by atoms with Gasteiger partial charge in [-0.2, -0.15) is 0 Å². The van der Waals surface area contributed by atoms with Crippen LogP contribution in [0.3, 0.4) is 0 Å². The lowest BCUT2D eigenvalue weighted by Gasteiger charge is -2.35. The standard InChI is InChI=1S/C21H29BO4/c1-18(2)19(3,4)26-22(25-18)17-7-5-15(6-8-17)20-9-10-21(14-16(20)13-20)23-11-12-24-21/h5-8,16H,9-14H2,1-4H3. The van der Waals surface area contributed by atoms with Crippen molar-refractivity contribution in [2.75, 3.05) is 13.2 Å². The summed E-state index contributed by atoms with van der Waals surface area (Å²) < 4.78 is 24.2. The summed E-state index contributed by atoms with van der Waals surface area (Å²) in [6.07, 6.45) is 4.49. The highest BCUT2D eigenvalue weighted by Gasteiger charge is 2.62. The van der Waals surface area contributed by atoms with Crippen LogP contribution in [0.4, 0.5) is 0 Å². The van der Waals surface area contributed by atoms with E-state index in [1.807, 2.05) is 0 Å². The zero-order chi connectivity index (χ0) is 18.2. The third kappa shape index (κ3) is 2.44. The number of benzene rings is 1. The first-order chi connectivity index (χ1) is 12.3. The Hall–Kier alpha value is -0.875. The van der Waals surface area contributed by atoms with Crippen LogP contribution >= 0.6 is 0 Å². The van der Waals surface area contributed by atoms with Crippen LogP contribution < -0.4 is 5.46 Å². The molecule has 5 rings (SSSR count). The Morgan fingerprint density at radius 1 is 0.846 bits per heavy atom. The molecule has 2 aliphatic heterocycles. The third-order valence-corrected chi connectivity index (χ3v) is 7.57. The monoisotopic (exact) mass is 356 g/mol. The van der Waals surface area contributed by atoms with Crippen LogP contribution in [0.15, 0.2) is 24.3 Å². The summed E-state index contributed by atoms with van der Waals surface area (Å²) in [4.78, 5) is 0. The highest BCUT2D eigenvalue weighted by Crippen LogP contribution is 2.65. The smallest absolute Gasteiger partial charge is 0.399 e. The molecule has 2 saturated heterocycles. The fourth-order valence-corrected chi connectivity index (χ4v) is 5.05. The van der Waals surface area contributed by atoms with Gasteiger partial charge in [-0.3, -0.25) is 0 Å². The number of rotatable bonds is 2. The average molecular weight is 356 g/mol. The van der Waals surface area contributed by atoms with Gasteiger partial charge in [0.2, 0.25) is 0 Å². The van der Waals surface area contributed by atoms with E-state index in [1.54, 1.807) is 0 Å². The second-order valence-electron chi connectivity index (χ2n) is 9.58. The summed E-state index contributed by atoms with van der Waals surface area (Å²) in [5.74, 6) is 0.421. The fraction of sp³-hybridized carbons (Fsp3) is 0.714. The molecule has 1 spiro atoms. The van der Waals surface area contributed by atoms with Gasteiger partial charge in [0, 0.05) is 12.8 Å². The maximum Gasteiger partial charge on any atom is 0.494 e. The Labute approximate surface area is 156 Å².